The molecule has 3 nitrogen and oxygen atoms in total. The summed E-state index contributed by atoms with van der Waals surface area (Å²) in [5, 5.41) is 8.87. The number of aromatic nitrogens is 3. The summed E-state index contributed by atoms with van der Waals surface area (Å²) >= 11 is 3.70. The van der Waals surface area contributed by atoms with Gasteiger partial charge < -0.3 is 0 Å². The molecule has 0 amide bonds. The van der Waals surface area contributed by atoms with E-state index < -0.39 is 0 Å². The van der Waals surface area contributed by atoms with E-state index in [2.05, 4.69) is 120 Å². The number of thiophene rings is 2. The Labute approximate surface area is 254 Å². The van der Waals surface area contributed by atoms with E-state index in [0.29, 0.717) is 5.95 Å². The normalized spacial score (nSPS) is 13.3. The van der Waals surface area contributed by atoms with Crippen molar-refractivity contribution >= 4 is 97.8 Å². The van der Waals surface area contributed by atoms with Crippen molar-refractivity contribution in [3.63, 3.8) is 0 Å². The summed E-state index contributed by atoms with van der Waals surface area (Å²) in [6.07, 6.45) is 7.04. The van der Waals surface area contributed by atoms with E-state index in [0.717, 1.165) is 45.3 Å². The number of nitrogens with zero attached hydrogens (tertiary/aromatic N) is 3. The Bertz CT molecular complexity index is 2740. The molecule has 202 valence electrons. The molecule has 0 saturated heterocycles. The topological polar surface area (TPSA) is 30.7 Å². The van der Waals surface area contributed by atoms with Crippen LogP contribution in [0.1, 0.15) is 12.8 Å². The van der Waals surface area contributed by atoms with Crippen LogP contribution >= 0.6 is 22.7 Å². The quantitative estimate of drug-likeness (QED) is 0.202. The van der Waals surface area contributed by atoms with Gasteiger partial charge in [0, 0.05) is 41.0 Å². The molecule has 5 aromatic carbocycles. The van der Waals surface area contributed by atoms with Gasteiger partial charge in [-0.25, -0.2) is 9.97 Å². The Balaban J connectivity index is 1.38. The Kier molecular flexibility index (Phi) is 4.87. The molecular formula is C38H23N3S2. The molecule has 1 aliphatic carbocycles. The first-order valence-electron chi connectivity index (χ1n) is 14.7. The fraction of sp³-hybridized carbons (Fsp3) is 0.0526. The van der Waals surface area contributed by atoms with Crippen molar-refractivity contribution in [1.29, 1.82) is 0 Å². The molecule has 0 spiro atoms. The van der Waals surface area contributed by atoms with Gasteiger partial charge in [0.2, 0.25) is 5.95 Å². The first-order valence-corrected chi connectivity index (χ1v) is 16.3. The van der Waals surface area contributed by atoms with Crippen molar-refractivity contribution in [2.45, 2.75) is 12.8 Å². The maximum atomic E-state index is 5.46. The highest BCUT2D eigenvalue weighted by molar-refractivity contribution is 7.26. The zero-order valence-electron chi connectivity index (χ0n) is 23.0. The van der Waals surface area contributed by atoms with Crippen LogP contribution in [-0.4, -0.2) is 14.5 Å². The highest BCUT2D eigenvalue weighted by Gasteiger charge is 2.22. The number of benzene rings is 5. The van der Waals surface area contributed by atoms with E-state index in [4.69, 9.17) is 9.97 Å². The van der Waals surface area contributed by atoms with E-state index in [-0.39, 0.29) is 0 Å². The predicted octanol–water partition coefficient (Wildman–Crippen LogP) is 9.33. The largest absolute Gasteiger partial charge is 0.278 e. The summed E-state index contributed by atoms with van der Waals surface area (Å²) in [5.74, 6) is 0.712. The number of hydrogen-bond acceptors (Lipinski definition) is 4. The number of fused-ring (bicyclic) bond motifs is 11. The molecule has 0 bridgehead atoms. The predicted molar refractivity (Wildman–Crippen MR) is 185 cm³/mol. The second kappa shape index (κ2) is 8.83. The second-order valence-electron chi connectivity index (χ2n) is 11.2. The molecule has 0 N–H and O–H groups in total. The van der Waals surface area contributed by atoms with Gasteiger partial charge in [0.15, 0.2) is 0 Å². The van der Waals surface area contributed by atoms with Gasteiger partial charge >= 0.3 is 0 Å². The molecule has 0 radical (unpaired) electrons. The van der Waals surface area contributed by atoms with Gasteiger partial charge in [0.05, 0.1) is 26.9 Å². The molecule has 4 heterocycles. The first-order chi connectivity index (χ1) is 21.3. The Morgan fingerprint density at radius 3 is 2.33 bits per heavy atom. The van der Waals surface area contributed by atoms with E-state index in [1.165, 1.54) is 51.5 Å². The molecule has 0 fully saturated rings. The van der Waals surface area contributed by atoms with Crippen molar-refractivity contribution < 1.29 is 0 Å². The summed E-state index contributed by atoms with van der Waals surface area (Å²) in [5.41, 5.74) is 5.41. The van der Waals surface area contributed by atoms with E-state index in [1.807, 2.05) is 11.3 Å². The van der Waals surface area contributed by atoms with Gasteiger partial charge in [-0.05, 0) is 47.0 Å². The molecule has 0 aliphatic heterocycles. The molecular weight excluding hydrogens is 563 g/mol. The van der Waals surface area contributed by atoms with Crippen LogP contribution in [-0.2, 0) is 0 Å². The van der Waals surface area contributed by atoms with Crippen molar-refractivity contribution in [3.8, 4) is 17.2 Å². The van der Waals surface area contributed by atoms with Crippen LogP contribution in [0.15, 0.2) is 103 Å². The number of para-hydroxylation sites is 1. The van der Waals surface area contributed by atoms with Gasteiger partial charge in [-0.2, -0.15) is 0 Å². The van der Waals surface area contributed by atoms with Gasteiger partial charge in [0.1, 0.15) is 0 Å². The highest BCUT2D eigenvalue weighted by Crippen LogP contribution is 2.42. The van der Waals surface area contributed by atoms with Gasteiger partial charge in [-0.1, -0.05) is 97.1 Å². The Morgan fingerprint density at radius 2 is 1.37 bits per heavy atom. The van der Waals surface area contributed by atoms with Crippen LogP contribution in [0.5, 0.6) is 0 Å². The fourth-order valence-electron chi connectivity index (χ4n) is 6.96. The molecule has 1 aliphatic rings. The minimum atomic E-state index is 0.712. The van der Waals surface area contributed by atoms with Gasteiger partial charge in [-0.3, -0.25) is 4.57 Å². The van der Waals surface area contributed by atoms with Crippen LogP contribution in [0.4, 0.5) is 0 Å². The van der Waals surface area contributed by atoms with Crippen molar-refractivity contribution in [1.82, 2.24) is 14.5 Å². The lowest BCUT2D eigenvalue weighted by atomic mass is 10.0. The molecule has 5 heteroatoms. The molecule has 0 atom stereocenters. The lowest BCUT2D eigenvalue weighted by Gasteiger charge is -2.11. The van der Waals surface area contributed by atoms with Crippen LogP contribution in [0.3, 0.4) is 0 Å². The van der Waals surface area contributed by atoms with E-state index >= 15 is 0 Å². The van der Waals surface area contributed by atoms with Crippen LogP contribution in [0, 0.1) is 0 Å². The average molecular weight is 586 g/mol. The van der Waals surface area contributed by atoms with Gasteiger partial charge in [0.25, 0.3) is 0 Å². The minimum absolute atomic E-state index is 0.712. The van der Waals surface area contributed by atoms with Crippen LogP contribution in [0.25, 0.3) is 92.3 Å². The van der Waals surface area contributed by atoms with Crippen molar-refractivity contribution in [3.05, 3.63) is 113 Å². The zero-order valence-corrected chi connectivity index (χ0v) is 24.7. The molecule has 0 saturated carbocycles. The third-order valence-corrected chi connectivity index (χ3v) is 11.3. The zero-order chi connectivity index (χ0) is 28.1. The number of hydrogen-bond donors (Lipinski definition) is 0. The summed E-state index contributed by atoms with van der Waals surface area (Å²) in [6.45, 7) is 0. The SMILES string of the molecule is C1=c2sc3c(ccc4c3c3ccccc3n4-c3nc(-c4cccc5ccccc45)c4sc5ccccc5c4n3)c2=CCC1. The minimum Gasteiger partial charge on any atom is -0.278 e. The molecule has 10 rings (SSSR count). The van der Waals surface area contributed by atoms with Crippen LogP contribution in [0.2, 0.25) is 0 Å². The monoisotopic (exact) mass is 585 g/mol. The lowest BCUT2D eigenvalue weighted by Crippen LogP contribution is -2.20. The smallest absolute Gasteiger partial charge is 0.235 e. The maximum Gasteiger partial charge on any atom is 0.235 e. The third-order valence-electron chi connectivity index (χ3n) is 8.86. The molecule has 43 heavy (non-hydrogen) atoms. The Morgan fingerprint density at radius 1 is 0.581 bits per heavy atom. The molecule has 9 aromatic rings. The fourth-order valence-corrected chi connectivity index (χ4v) is 9.43. The molecule has 4 aromatic heterocycles. The molecule has 0 unspecified atom stereocenters. The van der Waals surface area contributed by atoms with Gasteiger partial charge in [-0.15, -0.1) is 22.7 Å². The summed E-state index contributed by atoms with van der Waals surface area (Å²) in [6, 6.07) is 37.0. The lowest BCUT2D eigenvalue weighted by molar-refractivity contribution is 1.02. The standard InChI is InChI=1S/C38H23N3S2/c1-2-12-23-22(10-1)11-9-16-25(23)34-37-35(28-15-5-8-19-32(28)43-37)40-38(39-34)41-29-17-6-3-14-27(29)33-30(41)21-20-26-24-13-4-7-18-31(24)42-36(26)33/h1-3,5-6,8-21H,4,7H2. The van der Waals surface area contributed by atoms with Crippen LogP contribution < -0.4 is 9.75 Å². The summed E-state index contributed by atoms with van der Waals surface area (Å²) in [7, 11) is 0. The average Bonchev–Trinajstić information content (AvgIpc) is 3.73. The second-order valence-corrected chi connectivity index (χ2v) is 13.3. The van der Waals surface area contributed by atoms with E-state index in [9.17, 15) is 0 Å². The first kappa shape index (κ1) is 23.7. The maximum absolute atomic E-state index is 5.46. The number of rotatable bonds is 2. The van der Waals surface area contributed by atoms with E-state index in [1.54, 1.807) is 11.3 Å². The van der Waals surface area contributed by atoms with Crippen molar-refractivity contribution in [2.75, 3.05) is 0 Å². The Hall–Kier alpha value is -4.84. The third kappa shape index (κ3) is 3.29. The summed E-state index contributed by atoms with van der Waals surface area (Å²) in [4.78, 5) is 10.8. The summed E-state index contributed by atoms with van der Waals surface area (Å²) < 4.78 is 7.39. The highest BCUT2D eigenvalue weighted by atomic mass is 32.1. The van der Waals surface area contributed by atoms with Crippen molar-refractivity contribution in [2.24, 2.45) is 0 Å².